The van der Waals surface area contributed by atoms with Crippen LogP contribution in [0.4, 0.5) is 0 Å². The molecule has 0 aliphatic rings. The second-order valence-electron chi connectivity index (χ2n) is 3.79. The first-order valence-corrected chi connectivity index (χ1v) is 6.08. The molecule has 0 unspecified atom stereocenters. The van der Waals surface area contributed by atoms with Gasteiger partial charge in [0.25, 0.3) is 5.91 Å². The van der Waals surface area contributed by atoms with Crippen LogP contribution in [0.15, 0.2) is 16.7 Å². The second-order valence-corrected chi connectivity index (χ2v) is 4.71. The maximum absolute atomic E-state index is 12.0. The third-order valence-corrected chi connectivity index (χ3v) is 2.70. The predicted octanol–water partition coefficient (Wildman–Crippen LogP) is 1.82. The van der Waals surface area contributed by atoms with E-state index in [1.165, 1.54) is 11.9 Å². The third kappa shape index (κ3) is 3.59. The number of carbonyl (C=O) groups is 2. The highest BCUT2D eigenvalue weighted by Crippen LogP contribution is 2.16. The number of carboxylic acids is 1. The Morgan fingerprint density at radius 1 is 1.53 bits per heavy atom. The summed E-state index contributed by atoms with van der Waals surface area (Å²) in [6.45, 7) is 2.45. The van der Waals surface area contributed by atoms with Crippen molar-refractivity contribution in [2.45, 2.75) is 19.9 Å². The summed E-state index contributed by atoms with van der Waals surface area (Å²) < 4.78 is 2.64. The van der Waals surface area contributed by atoms with Crippen molar-refractivity contribution in [2.75, 3.05) is 13.6 Å². The number of halogens is 1. The van der Waals surface area contributed by atoms with Crippen molar-refractivity contribution in [1.82, 2.24) is 9.47 Å². The van der Waals surface area contributed by atoms with E-state index in [1.54, 1.807) is 6.07 Å². The minimum absolute atomic E-state index is 0.286. The third-order valence-electron chi connectivity index (χ3n) is 2.27. The zero-order valence-electron chi connectivity index (χ0n) is 9.81. The first-order chi connectivity index (χ1) is 7.95. The zero-order valence-corrected chi connectivity index (χ0v) is 11.4. The van der Waals surface area contributed by atoms with Crippen LogP contribution in [0.3, 0.4) is 0 Å². The summed E-state index contributed by atoms with van der Waals surface area (Å²) in [4.78, 5) is 23.8. The van der Waals surface area contributed by atoms with Crippen LogP contribution >= 0.6 is 15.9 Å². The summed E-state index contributed by atoms with van der Waals surface area (Å²) in [5.74, 6) is -1.31. The first kappa shape index (κ1) is 13.8. The Bertz CT molecular complexity index is 428. The van der Waals surface area contributed by atoms with Gasteiger partial charge in [0.05, 0.1) is 0 Å². The van der Waals surface area contributed by atoms with Gasteiger partial charge < -0.3 is 14.6 Å². The van der Waals surface area contributed by atoms with Gasteiger partial charge in [0.2, 0.25) is 0 Å². The molecule has 0 aromatic carbocycles. The molecule has 0 aliphatic carbocycles. The number of likely N-dealkylation sites (N-methyl/N-ethyl adjacent to an activating group) is 1. The number of aliphatic carboxylic acids is 1. The van der Waals surface area contributed by atoms with Gasteiger partial charge in [-0.2, -0.15) is 0 Å². The van der Waals surface area contributed by atoms with Crippen LogP contribution in [-0.2, 0) is 11.3 Å². The number of carbonyl (C=O) groups excluding carboxylic acids is 1. The average molecular weight is 303 g/mol. The molecule has 1 aromatic rings. The molecular formula is C11H15BrN2O3. The van der Waals surface area contributed by atoms with Crippen molar-refractivity contribution in [2.24, 2.45) is 0 Å². The van der Waals surface area contributed by atoms with Crippen LogP contribution in [0.2, 0.25) is 0 Å². The van der Waals surface area contributed by atoms with E-state index in [-0.39, 0.29) is 12.5 Å². The van der Waals surface area contributed by atoms with Gasteiger partial charge >= 0.3 is 5.97 Å². The molecule has 0 spiro atoms. The first-order valence-electron chi connectivity index (χ1n) is 5.28. The molecule has 1 N–H and O–H groups in total. The van der Waals surface area contributed by atoms with Crippen LogP contribution < -0.4 is 0 Å². The Hall–Kier alpha value is -1.30. The highest BCUT2D eigenvalue weighted by molar-refractivity contribution is 9.10. The van der Waals surface area contributed by atoms with Crippen molar-refractivity contribution in [3.05, 3.63) is 22.4 Å². The number of nitrogens with zero attached hydrogens (tertiary/aromatic N) is 2. The molecule has 0 bridgehead atoms. The molecule has 17 heavy (non-hydrogen) atoms. The number of hydrogen-bond donors (Lipinski definition) is 1. The molecule has 0 aliphatic heterocycles. The SMILES string of the molecule is CCCn1cc(Br)cc1C(=O)N(C)CC(=O)O. The van der Waals surface area contributed by atoms with Gasteiger partial charge in [-0.3, -0.25) is 9.59 Å². The Kier molecular flexibility index (Phi) is 4.74. The lowest BCUT2D eigenvalue weighted by molar-refractivity contribution is -0.137. The Morgan fingerprint density at radius 3 is 2.71 bits per heavy atom. The lowest BCUT2D eigenvalue weighted by Gasteiger charge is -2.15. The molecule has 0 atom stereocenters. The summed E-state index contributed by atoms with van der Waals surface area (Å²) in [5, 5.41) is 8.65. The molecule has 1 heterocycles. The molecule has 1 rings (SSSR count). The maximum atomic E-state index is 12.0. The fraction of sp³-hybridized carbons (Fsp3) is 0.455. The van der Waals surface area contributed by atoms with E-state index in [1.807, 2.05) is 17.7 Å². The van der Waals surface area contributed by atoms with E-state index in [4.69, 9.17) is 5.11 Å². The molecule has 0 saturated carbocycles. The zero-order chi connectivity index (χ0) is 13.0. The molecule has 1 amide bonds. The minimum Gasteiger partial charge on any atom is -0.480 e. The summed E-state index contributed by atoms with van der Waals surface area (Å²) in [6.07, 6.45) is 2.73. The molecule has 0 saturated heterocycles. The molecule has 6 heteroatoms. The van der Waals surface area contributed by atoms with Crippen LogP contribution in [0.5, 0.6) is 0 Å². The molecule has 0 radical (unpaired) electrons. The fourth-order valence-electron chi connectivity index (χ4n) is 1.55. The number of amides is 1. The van der Waals surface area contributed by atoms with Crippen LogP contribution in [0.25, 0.3) is 0 Å². The van der Waals surface area contributed by atoms with E-state index < -0.39 is 5.97 Å². The van der Waals surface area contributed by atoms with Crippen molar-refractivity contribution < 1.29 is 14.7 Å². The van der Waals surface area contributed by atoms with Gasteiger partial charge in [-0.05, 0) is 28.4 Å². The van der Waals surface area contributed by atoms with Crippen molar-refractivity contribution >= 4 is 27.8 Å². The standard InChI is InChI=1S/C11H15BrN2O3/c1-3-4-14-6-8(12)5-9(14)11(17)13(2)7-10(15)16/h5-6H,3-4,7H2,1-2H3,(H,15,16). The van der Waals surface area contributed by atoms with E-state index in [2.05, 4.69) is 15.9 Å². The van der Waals surface area contributed by atoms with E-state index in [9.17, 15) is 9.59 Å². The quantitative estimate of drug-likeness (QED) is 0.902. The number of carboxylic acid groups (broad SMARTS) is 1. The van der Waals surface area contributed by atoms with Crippen LogP contribution in [-0.4, -0.2) is 40.0 Å². The predicted molar refractivity (Wildman–Crippen MR) is 67.0 cm³/mol. The lowest BCUT2D eigenvalue weighted by Crippen LogP contribution is -2.33. The minimum atomic E-state index is -1.02. The summed E-state index contributed by atoms with van der Waals surface area (Å²) in [6, 6.07) is 1.70. The number of hydrogen-bond acceptors (Lipinski definition) is 2. The smallest absolute Gasteiger partial charge is 0.323 e. The van der Waals surface area contributed by atoms with Crippen LogP contribution in [0, 0.1) is 0 Å². The fourth-order valence-corrected chi connectivity index (χ4v) is 2.01. The van der Waals surface area contributed by atoms with E-state index in [0.29, 0.717) is 5.69 Å². The molecule has 1 aromatic heterocycles. The van der Waals surface area contributed by atoms with Crippen molar-refractivity contribution in [3.63, 3.8) is 0 Å². The van der Waals surface area contributed by atoms with Gasteiger partial charge in [-0.15, -0.1) is 0 Å². The molecule has 0 fully saturated rings. The number of aryl methyl sites for hydroxylation is 1. The number of aromatic nitrogens is 1. The topological polar surface area (TPSA) is 62.5 Å². The van der Waals surface area contributed by atoms with Crippen molar-refractivity contribution in [3.8, 4) is 0 Å². The van der Waals surface area contributed by atoms with Gasteiger partial charge in [-0.25, -0.2) is 0 Å². The monoisotopic (exact) mass is 302 g/mol. The maximum Gasteiger partial charge on any atom is 0.323 e. The Labute approximate surface area is 108 Å². The average Bonchev–Trinajstić information content (AvgIpc) is 2.58. The lowest BCUT2D eigenvalue weighted by atomic mass is 10.3. The van der Waals surface area contributed by atoms with Gasteiger partial charge in [0, 0.05) is 24.3 Å². The molecule has 94 valence electrons. The summed E-state index contributed by atoms with van der Waals surface area (Å²) >= 11 is 3.31. The second kappa shape index (κ2) is 5.86. The van der Waals surface area contributed by atoms with E-state index in [0.717, 1.165) is 17.4 Å². The highest BCUT2D eigenvalue weighted by atomic mass is 79.9. The molecule has 5 nitrogen and oxygen atoms in total. The van der Waals surface area contributed by atoms with Crippen molar-refractivity contribution in [1.29, 1.82) is 0 Å². The summed E-state index contributed by atoms with van der Waals surface area (Å²) in [7, 11) is 1.48. The summed E-state index contributed by atoms with van der Waals surface area (Å²) in [5.41, 5.74) is 0.502. The van der Waals surface area contributed by atoms with Crippen LogP contribution in [0.1, 0.15) is 23.8 Å². The van der Waals surface area contributed by atoms with Gasteiger partial charge in [0.1, 0.15) is 12.2 Å². The number of rotatable bonds is 5. The van der Waals surface area contributed by atoms with Gasteiger partial charge in [0.15, 0.2) is 0 Å². The van der Waals surface area contributed by atoms with E-state index >= 15 is 0 Å². The molecular weight excluding hydrogens is 288 g/mol. The normalized spacial score (nSPS) is 10.3. The largest absolute Gasteiger partial charge is 0.480 e. The highest BCUT2D eigenvalue weighted by Gasteiger charge is 2.18. The van der Waals surface area contributed by atoms with Gasteiger partial charge in [-0.1, -0.05) is 6.92 Å². The Morgan fingerprint density at radius 2 is 2.18 bits per heavy atom. The Balaban J connectivity index is 2.90.